The fourth-order valence-corrected chi connectivity index (χ4v) is 1.90. The summed E-state index contributed by atoms with van der Waals surface area (Å²) >= 11 is 0. The maximum absolute atomic E-state index is 10.7. The van der Waals surface area contributed by atoms with Crippen molar-refractivity contribution in [2.24, 2.45) is 0 Å². The summed E-state index contributed by atoms with van der Waals surface area (Å²) in [5.74, 6) is -0.953. The van der Waals surface area contributed by atoms with Crippen molar-refractivity contribution in [2.45, 2.75) is 13.1 Å². The molecule has 0 saturated carbocycles. The van der Waals surface area contributed by atoms with E-state index in [9.17, 15) is 14.9 Å². The van der Waals surface area contributed by atoms with Gasteiger partial charge in [0.2, 0.25) is 0 Å². The van der Waals surface area contributed by atoms with Gasteiger partial charge in [0.1, 0.15) is 0 Å². The summed E-state index contributed by atoms with van der Waals surface area (Å²) in [5.41, 5.74) is 2.09. The van der Waals surface area contributed by atoms with Gasteiger partial charge in [-0.25, -0.2) is 4.79 Å². The van der Waals surface area contributed by atoms with Crippen LogP contribution in [-0.4, -0.2) is 16.0 Å². The third-order valence-corrected chi connectivity index (χ3v) is 2.98. The van der Waals surface area contributed by atoms with E-state index in [-0.39, 0.29) is 23.7 Å². The molecule has 0 aliphatic heterocycles. The van der Waals surface area contributed by atoms with Crippen LogP contribution in [0.2, 0.25) is 0 Å². The Morgan fingerprint density at radius 3 is 2.32 bits per heavy atom. The highest BCUT2D eigenvalue weighted by Gasteiger charge is 2.05. The van der Waals surface area contributed by atoms with Gasteiger partial charge in [0.25, 0.3) is 5.69 Å². The summed E-state index contributed by atoms with van der Waals surface area (Å²) < 4.78 is 0. The molecule has 0 heterocycles. The van der Waals surface area contributed by atoms with E-state index in [4.69, 9.17) is 5.11 Å². The zero-order chi connectivity index (χ0) is 15.2. The highest BCUT2D eigenvalue weighted by atomic mass is 35.5. The van der Waals surface area contributed by atoms with Gasteiger partial charge in [-0.3, -0.25) is 10.1 Å². The molecule has 116 valence electrons. The van der Waals surface area contributed by atoms with E-state index in [0.29, 0.717) is 13.1 Å². The van der Waals surface area contributed by atoms with Crippen LogP contribution in [0.25, 0.3) is 0 Å². The largest absolute Gasteiger partial charge is 0.478 e. The molecule has 0 fully saturated rings. The average molecular weight is 323 g/mol. The van der Waals surface area contributed by atoms with E-state index >= 15 is 0 Å². The van der Waals surface area contributed by atoms with Gasteiger partial charge in [-0.05, 0) is 23.3 Å². The van der Waals surface area contributed by atoms with Crippen LogP contribution in [0.1, 0.15) is 21.5 Å². The van der Waals surface area contributed by atoms with E-state index in [1.54, 1.807) is 30.3 Å². The number of non-ortho nitro benzene ring substituents is 1. The summed E-state index contributed by atoms with van der Waals surface area (Å²) in [6.07, 6.45) is 0. The molecule has 22 heavy (non-hydrogen) atoms. The lowest BCUT2D eigenvalue weighted by Gasteiger charge is -2.05. The van der Waals surface area contributed by atoms with Gasteiger partial charge in [-0.1, -0.05) is 24.3 Å². The number of aromatic carboxylic acids is 1. The van der Waals surface area contributed by atoms with Gasteiger partial charge in [-0.2, -0.15) is 0 Å². The number of carboxylic acid groups (broad SMARTS) is 1. The first-order valence-electron chi connectivity index (χ1n) is 6.32. The van der Waals surface area contributed by atoms with Crippen LogP contribution in [0.15, 0.2) is 48.5 Å². The first-order chi connectivity index (χ1) is 10.1. The minimum absolute atomic E-state index is 0. The SMILES string of the molecule is Cl.O=C(O)c1ccc(CNCc2cccc([N+](=O)[O-])c2)cc1. The quantitative estimate of drug-likeness (QED) is 0.630. The van der Waals surface area contributed by atoms with E-state index in [1.807, 2.05) is 6.07 Å². The lowest BCUT2D eigenvalue weighted by Crippen LogP contribution is -2.12. The van der Waals surface area contributed by atoms with Gasteiger partial charge < -0.3 is 10.4 Å². The normalized spacial score (nSPS) is 9.82. The van der Waals surface area contributed by atoms with Crippen LogP contribution < -0.4 is 5.32 Å². The van der Waals surface area contributed by atoms with Gasteiger partial charge in [0.05, 0.1) is 10.5 Å². The van der Waals surface area contributed by atoms with Crippen LogP contribution in [0.5, 0.6) is 0 Å². The minimum atomic E-state index is -0.953. The smallest absolute Gasteiger partial charge is 0.335 e. The maximum atomic E-state index is 10.7. The Labute approximate surface area is 133 Å². The molecule has 2 N–H and O–H groups in total. The zero-order valence-corrected chi connectivity index (χ0v) is 12.4. The van der Waals surface area contributed by atoms with Crippen molar-refractivity contribution in [3.63, 3.8) is 0 Å². The molecule has 0 amide bonds. The predicted octanol–water partition coefficient (Wildman–Crippen LogP) is 3.00. The molecule has 0 radical (unpaired) electrons. The molecule has 0 atom stereocenters. The van der Waals surface area contributed by atoms with Crippen molar-refractivity contribution in [1.82, 2.24) is 5.32 Å². The fraction of sp³-hybridized carbons (Fsp3) is 0.133. The summed E-state index contributed by atoms with van der Waals surface area (Å²) in [5, 5.41) is 22.6. The number of carboxylic acids is 1. The van der Waals surface area contributed by atoms with Crippen molar-refractivity contribution in [2.75, 3.05) is 0 Å². The number of halogens is 1. The molecule has 0 bridgehead atoms. The maximum Gasteiger partial charge on any atom is 0.335 e. The molecule has 2 aromatic rings. The van der Waals surface area contributed by atoms with Crippen molar-refractivity contribution in [1.29, 1.82) is 0 Å². The monoisotopic (exact) mass is 322 g/mol. The van der Waals surface area contributed by atoms with Crippen molar-refractivity contribution >= 4 is 24.1 Å². The summed E-state index contributed by atoms with van der Waals surface area (Å²) in [4.78, 5) is 21.0. The number of carbonyl (C=O) groups is 1. The van der Waals surface area contributed by atoms with Crippen LogP contribution >= 0.6 is 12.4 Å². The molecule has 7 heteroatoms. The standard InChI is InChI=1S/C15H14N2O4.ClH/c18-15(19)13-6-4-11(5-7-13)9-16-10-12-2-1-3-14(8-12)17(20)21;/h1-8,16H,9-10H2,(H,18,19);1H. The van der Waals surface area contributed by atoms with Gasteiger partial charge >= 0.3 is 5.97 Å². The summed E-state index contributed by atoms with van der Waals surface area (Å²) in [7, 11) is 0. The van der Waals surface area contributed by atoms with Crippen molar-refractivity contribution < 1.29 is 14.8 Å². The Morgan fingerprint density at radius 2 is 1.73 bits per heavy atom. The number of nitro groups is 1. The Hall–Kier alpha value is -2.44. The molecule has 2 aromatic carbocycles. The van der Waals surface area contributed by atoms with Gasteiger partial charge in [0, 0.05) is 25.2 Å². The van der Waals surface area contributed by atoms with Gasteiger partial charge in [0.15, 0.2) is 0 Å². The molecule has 0 saturated heterocycles. The molecule has 6 nitrogen and oxygen atoms in total. The molecule has 2 rings (SSSR count). The van der Waals surface area contributed by atoms with E-state index in [1.165, 1.54) is 12.1 Å². The number of hydrogen-bond donors (Lipinski definition) is 2. The predicted molar refractivity (Wildman–Crippen MR) is 84.3 cm³/mol. The molecule has 0 aliphatic rings. The van der Waals surface area contributed by atoms with Gasteiger partial charge in [-0.15, -0.1) is 12.4 Å². The number of nitro benzene ring substituents is 1. The Bertz CT molecular complexity index is 659. The molecule has 0 unspecified atom stereocenters. The van der Waals surface area contributed by atoms with E-state index in [0.717, 1.165) is 11.1 Å². The van der Waals surface area contributed by atoms with Crippen LogP contribution in [-0.2, 0) is 13.1 Å². The highest BCUT2D eigenvalue weighted by Crippen LogP contribution is 2.13. The lowest BCUT2D eigenvalue weighted by molar-refractivity contribution is -0.384. The molecule has 0 aliphatic carbocycles. The second-order valence-corrected chi connectivity index (χ2v) is 4.53. The first kappa shape index (κ1) is 17.6. The third kappa shape index (κ3) is 4.83. The number of hydrogen-bond acceptors (Lipinski definition) is 4. The number of benzene rings is 2. The number of nitrogens with one attached hydrogen (secondary N) is 1. The average Bonchev–Trinajstić information content (AvgIpc) is 2.48. The van der Waals surface area contributed by atoms with E-state index in [2.05, 4.69) is 5.32 Å². The van der Waals surface area contributed by atoms with Crippen LogP contribution in [0, 0.1) is 10.1 Å². The van der Waals surface area contributed by atoms with Crippen molar-refractivity contribution in [3.8, 4) is 0 Å². The second kappa shape index (κ2) is 8.11. The third-order valence-electron chi connectivity index (χ3n) is 2.98. The number of rotatable bonds is 6. The second-order valence-electron chi connectivity index (χ2n) is 4.53. The Balaban J connectivity index is 0.00000242. The van der Waals surface area contributed by atoms with E-state index < -0.39 is 10.9 Å². The fourth-order valence-electron chi connectivity index (χ4n) is 1.90. The molecular formula is C15H15ClN2O4. The summed E-state index contributed by atoms with van der Waals surface area (Å²) in [6, 6.07) is 13.0. The Kier molecular flexibility index (Phi) is 6.49. The van der Waals surface area contributed by atoms with Crippen LogP contribution in [0.3, 0.4) is 0 Å². The Morgan fingerprint density at radius 1 is 1.09 bits per heavy atom. The van der Waals surface area contributed by atoms with Crippen molar-refractivity contribution in [3.05, 3.63) is 75.3 Å². The zero-order valence-electron chi connectivity index (χ0n) is 11.6. The van der Waals surface area contributed by atoms with Crippen LogP contribution in [0.4, 0.5) is 5.69 Å². The lowest BCUT2D eigenvalue weighted by atomic mass is 10.1. The molecule has 0 spiro atoms. The highest BCUT2D eigenvalue weighted by molar-refractivity contribution is 5.87. The number of nitrogens with zero attached hydrogens (tertiary/aromatic N) is 1. The topological polar surface area (TPSA) is 92.5 Å². The first-order valence-corrected chi connectivity index (χ1v) is 6.32. The molecule has 0 aromatic heterocycles. The summed E-state index contributed by atoms with van der Waals surface area (Å²) in [6.45, 7) is 1.06. The molecular weight excluding hydrogens is 308 g/mol. The minimum Gasteiger partial charge on any atom is -0.478 e.